The second kappa shape index (κ2) is 6.47. The quantitative estimate of drug-likeness (QED) is 0.629. The highest BCUT2D eigenvalue weighted by atomic mass is 32.2. The molecule has 19 heavy (non-hydrogen) atoms. The number of hydrogen-bond donors (Lipinski definition) is 2. The van der Waals surface area contributed by atoms with E-state index in [1.165, 1.54) is 5.56 Å². The molecule has 0 amide bonds. The fraction of sp³-hybridized carbons (Fsp3) is 0.385. The van der Waals surface area contributed by atoms with Gasteiger partial charge in [0.1, 0.15) is 17.5 Å². The molecule has 0 saturated heterocycles. The summed E-state index contributed by atoms with van der Waals surface area (Å²) in [4.78, 5) is 13.5. The van der Waals surface area contributed by atoms with Crippen molar-refractivity contribution in [3.8, 4) is 5.75 Å². The molecule has 0 spiro atoms. The normalized spacial score (nSPS) is 10.9. The number of ether oxygens (including phenoxy) is 1. The van der Waals surface area contributed by atoms with Crippen molar-refractivity contribution < 1.29 is 4.74 Å². The number of rotatable bonds is 6. The molecule has 0 unspecified atom stereocenters. The zero-order valence-corrected chi connectivity index (χ0v) is 11.8. The van der Waals surface area contributed by atoms with Gasteiger partial charge in [-0.3, -0.25) is 4.98 Å². The van der Waals surface area contributed by atoms with Gasteiger partial charge in [0.25, 0.3) is 0 Å². The van der Waals surface area contributed by atoms with Crippen LogP contribution >= 0.6 is 11.8 Å². The molecule has 102 valence electrons. The number of benzene rings is 1. The van der Waals surface area contributed by atoms with Crippen LogP contribution in [0.3, 0.4) is 0 Å². The first kappa shape index (κ1) is 13.7. The fourth-order valence-electron chi connectivity index (χ4n) is 1.71. The molecule has 2 rings (SSSR count). The topological polar surface area (TPSA) is 70.8 Å². The third-order valence-electron chi connectivity index (χ3n) is 2.63. The highest BCUT2D eigenvalue weighted by molar-refractivity contribution is 7.98. The molecule has 0 radical (unpaired) electrons. The Balaban J connectivity index is 1.84. The van der Waals surface area contributed by atoms with Crippen molar-refractivity contribution in [1.82, 2.24) is 15.2 Å². The summed E-state index contributed by atoms with van der Waals surface area (Å²) >= 11 is 1.56. The molecular weight excluding hydrogens is 262 g/mol. The van der Waals surface area contributed by atoms with Crippen molar-refractivity contribution in [1.29, 1.82) is 0 Å². The van der Waals surface area contributed by atoms with Crippen LogP contribution in [0.5, 0.6) is 5.75 Å². The molecule has 0 aliphatic heterocycles. The molecule has 0 atom stereocenters. The molecule has 5 nitrogen and oxygen atoms in total. The minimum absolute atomic E-state index is 0.276. The summed E-state index contributed by atoms with van der Waals surface area (Å²) in [6.07, 6.45) is 0. The molecule has 1 heterocycles. The largest absolute Gasteiger partial charge is 0.483 e. The average Bonchev–Trinajstić information content (AvgIpc) is 2.81. The summed E-state index contributed by atoms with van der Waals surface area (Å²) in [5, 5.41) is 6.17. The van der Waals surface area contributed by atoms with Crippen molar-refractivity contribution in [3.05, 3.63) is 46.1 Å². The van der Waals surface area contributed by atoms with Crippen LogP contribution in [-0.2, 0) is 5.75 Å². The summed E-state index contributed by atoms with van der Waals surface area (Å²) in [5.41, 5.74) is 0.929. The van der Waals surface area contributed by atoms with Gasteiger partial charge in [-0.1, -0.05) is 32.0 Å². The van der Waals surface area contributed by atoms with E-state index in [9.17, 15) is 4.79 Å². The third-order valence-corrected chi connectivity index (χ3v) is 3.39. The highest BCUT2D eigenvalue weighted by Crippen LogP contribution is 2.26. The second-order valence-corrected chi connectivity index (χ2v) is 5.36. The van der Waals surface area contributed by atoms with E-state index >= 15 is 0 Å². The van der Waals surface area contributed by atoms with Crippen molar-refractivity contribution in [2.45, 2.75) is 25.5 Å². The van der Waals surface area contributed by atoms with Gasteiger partial charge in [0.15, 0.2) is 0 Å². The van der Waals surface area contributed by atoms with Gasteiger partial charge in [0, 0.05) is 0 Å². The lowest BCUT2D eigenvalue weighted by atomic mass is 10.0. The van der Waals surface area contributed by atoms with Crippen LogP contribution in [0.15, 0.2) is 29.1 Å². The third kappa shape index (κ3) is 3.89. The van der Waals surface area contributed by atoms with E-state index in [4.69, 9.17) is 4.74 Å². The van der Waals surface area contributed by atoms with E-state index in [0.29, 0.717) is 23.4 Å². The Morgan fingerprint density at radius 2 is 2.16 bits per heavy atom. The van der Waals surface area contributed by atoms with Crippen LogP contribution in [0.4, 0.5) is 0 Å². The van der Waals surface area contributed by atoms with Gasteiger partial charge in [-0.25, -0.2) is 9.89 Å². The zero-order chi connectivity index (χ0) is 13.7. The molecule has 6 heteroatoms. The predicted molar refractivity (Wildman–Crippen MR) is 76.5 cm³/mol. The van der Waals surface area contributed by atoms with Gasteiger partial charge in [-0.15, -0.1) is 11.8 Å². The number of hydrogen-bond acceptors (Lipinski definition) is 4. The predicted octanol–water partition coefficient (Wildman–Crippen LogP) is 2.49. The molecule has 1 aromatic carbocycles. The maximum Gasteiger partial charge on any atom is 0.340 e. The SMILES string of the molecule is CC(C)c1ccccc1OCSCc1n[nH]c(=O)[nH]1. The van der Waals surface area contributed by atoms with Crippen LogP contribution < -0.4 is 10.4 Å². The molecule has 0 saturated carbocycles. The van der Waals surface area contributed by atoms with Gasteiger partial charge in [0.2, 0.25) is 0 Å². The van der Waals surface area contributed by atoms with Crippen LogP contribution in [0.25, 0.3) is 0 Å². The number of para-hydroxylation sites is 1. The van der Waals surface area contributed by atoms with E-state index in [1.54, 1.807) is 11.8 Å². The molecule has 0 bridgehead atoms. The smallest absolute Gasteiger partial charge is 0.340 e. The van der Waals surface area contributed by atoms with Crippen LogP contribution in [-0.4, -0.2) is 21.1 Å². The van der Waals surface area contributed by atoms with E-state index in [2.05, 4.69) is 35.1 Å². The molecule has 2 N–H and O–H groups in total. The minimum atomic E-state index is -0.276. The Hall–Kier alpha value is -1.69. The van der Waals surface area contributed by atoms with E-state index < -0.39 is 0 Å². The summed E-state index contributed by atoms with van der Waals surface area (Å²) in [6, 6.07) is 8.04. The van der Waals surface area contributed by atoms with Crippen molar-refractivity contribution in [3.63, 3.8) is 0 Å². The fourth-order valence-corrected chi connectivity index (χ4v) is 2.33. The van der Waals surface area contributed by atoms with E-state index in [0.717, 1.165) is 5.75 Å². The lowest BCUT2D eigenvalue weighted by Crippen LogP contribution is -2.01. The second-order valence-electron chi connectivity index (χ2n) is 4.43. The van der Waals surface area contributed by atoms with Crippen LogP contribution in [0, 0.1) is 0 Å². The first-order valence-corrected chi connectivity index (χ1v) is 7.25. The summed E-state index contributed by atoms with van der Waals surface area (Å²) in [6.45, 7) is 4.29. The standard InChI is InChI=1S/C13H17N3O2S/c1-9(2)10-5-3-4-6-11(10)18-8-19-7-12-14-13(17)16-15-12/h3-6,9H,7-8H2,1-2H3,(H2,14,15,16,17). The lowest BCUT2D eigenvalue weighted by Gasteiger charge is -2.13. The van der Waals surface area contributed by atoms with E-state index in [1.807, 2.05) is 18.2 Å². The number of aromatic nitrogens is 3. The molecule has 2 aromatic rings. The van der Waals surface area contributed by atoms with Crippen molar-refractivity contribution >= 4 is 11.8 Å². The van der Waals surface area contributed by atoms with Crippen molar-refractivity contribution in [2.75, 3.05) is 5.94 Å². The highest BCUT2D eigenvalue weighted by Gasteiger charge is 2.06. The van der Waals surface area contributed by atoms with Gasteiger partial charge < -0.3 is 4.74 Å². The zero-order valence-electron chi connectivity index (χ0n) is 11.0. The Morgan fingerprint density at radius 1 is 1.37 bits per heavy atom. The Bertz CT molecular complexity index is 577. The molecular formula is C13H17N3O2S. The Morgan fingerprint density at radius 3 is 2.84 bits per heavy atom. The van der Waals surface area contributed by atoms with Gasteiger partial charge in [-0.05, 0) is 17.5 Å². The maximum atomic E-state index is 10.8. The van der Waals surface area contributed by atoms with Crippen molar-refractivity contribution in [2.24, 2.45) is 0 Å². The number of H-pyrrole nitrogens is 2. The number of aromatic amines is 2. The number of nitrogens with one attached hydrogen (secondary N) is 2. The first-order valence-electron chi connectivity index (χ1n) is 6.10. The number of thioether (sulfide) groups is 1. The van der Waals surface area contributed by atoms with Gasteiger partial charge in [-0.2, -0.15) is 5.10 Å². The summed E-state index contributed by atoms with van der Waals surface area (Å²) in [7, 11) is 0. The average molecular weight is 279 g/mol. The van der Waals surface area contributed by atoms with Crippen LogP contribution in [0.1, 0.15) is 31.2 Å². The molecule has 0 aliphatic rings. The maximum absolute atomic E-state index is 10.8. The van der Waals surface area contributed by atoms with Gasteiger partial charge in [0.05, 0.1) is 5.75 Å². The summed E-state index contributed by atoms with van der Waals surface area (Å²) in [5.74, 6) is 3.13. The minimum Gasteiger partial charge on any atom is -0.483 e. The van der Waals surface area contributed by atoms with Gasteiger partial charge >= 0.3 is 5.69 Å². The molecule has 0 aliphatic carbocycles. The number of nitrogens with zero attached hydrogens (tertiary/aromatic N) is 1. The monoisotopic (exact) mass is 279 g/mol. The lowest BCUT2D eigenvalue weighted by molar-refractivity contribution is 0.386. The first-order chi connectivity index (χ1) is 9.16. The molecule has 1 aromatic heterocycles. The molecule has 0 fully saturated rings. The Labute approximate surface area is 115 Å². The van der Waals surface area contributed by atoms with Crippen LogP contribution in [0.2, 0.25) is 0 Å². The Kier molecular flexibility index (Phi) is 4.68. The van der Waals surface area contributed by atoms with E-state index in [-0.39, 0.29) is 5.69 Å². The summed E-state index contributed by atoms with van der Waals surface area (Å²) < 4.78 is 5.76.